The van der Waals surface area contributed by atoms with Gasteiger partial charge in [0.1, 0.15) is 5.75 Å². The number of anilines is 1. The number of nitrogens with one attached hydrogen (secondary N) is 1. The zero-order valence-electron chi connectivity index (χ0n) is 11.9. The predicted octanol–water partition coefficient (Wildman–Crippen LogP) is 3.71. The highest BCUT2D eigenvalue weighted by atomic mass is 16.6. The first-order chi connectivity index (χ1) is 11.0. The molecule has 0 aliphatic heterocycles. The number of nitro benzene ring substituents is 1. The zero-order chi connectivity index (χ0) is 16.4. The van der Waals surface area contributed by atoms with E-state index in [9.17, 15) is 20.0 Å². The van der Waals surface area contributed by atoms with Crippen LogP contribution in [0.3, 0.4) is 0 Å². The quantitative estimate of drug-likeness (QED) is 0.438. The number of carbonyl (C=O) groups excluding carboxylic acids is 1. The van der Waals surface area contributed by atoms with Gasteiger partial charge in [-0.05, 0) is 29.0 Å². The van der Waals surface area contributed by atoms with Gasteiger partial charge in [-0.1, -0.05) is 30.3 Å². The Morgan fingerprint density at radius 1 is 1.00 bits per heavy atom. The van der Waals surface area contributed by atoms with Gasteiger partial charge >= 0.3 is 0 Å². The zero-order valence-corrected chi connectivity index (χ0v) is 11.9. The molecule has 6 heteroatoms. The maximum atomic E-state index is 12.3. The number of amides is 1. The molecule has 3 aromatic rings. The molecule has 0 radical (unpaired) electrons. The highest BCUT2D eigenvalue weighted by Gasteiger charge is 2.14. The molecule has 0 fully saturated rings. The predicted molar refractivity (Wildman–Crippen MR) is 86.7 cm³/mol. The van der Waals surface area contributed by atoms with Crippen LogP contribution in [-0.4, -0.2) is 15.9 Å². The van der Waals surface area contributed by atoms with E-state index >= 15 is 0 Å². The molecule has 0 aromatic heterocycles. The molecule has 0 unspecified atom stereocenters. The average Bonchev–Trinajstić information content (AvgIpc) is 2.56. The highest BCUT2D eigenvalue weighted by Crippen LogP contribution is 2.28. The summed E-state index contributed by atoms with van der Waals surface area (Å²) < 4.78 is 0. The fourth-order valence-electron chi connectivity index (χ4n) is 2.26. The van der Waals surface area contributed by atoms with Crippen molar-refractivity contribution < 1.29 is 14.8 Å². The molecule has 6 nitrogen and oxygen atoms in total. The van der Waals surface area contributed by atoms with E-state index in [4.69, 9.17) is 0 Å². The van der Waals surface area contributed by atoms with E-state index in [1.54, 1.807) is 12.1 Å². The van der Waals surface area contributed by atoms with E-state index in [0.717, 1.165) is 16.8 Å². The molecule has 0 saturated heterocycles. The minimum absolute atomic E-state index is 0.00245. The Morgan fingerprint density at radius 3 is 2.48 bits per heavy atom. The van der Waals surface area contributed by atoms with E-state index in [2.05, 4.69) is 5.32 Å². The number of phenolic OH excluding ortho intramolecular Hbond substituents is 1. The summed E-state index contributed by atoms with van der Waals surface area (Å²) in [5, 5.41) is 24.9. The van der Waals surface area contributed by atoms with Gasteiger partial charge in [0, 0.05) is 17.7 Å². The summed E-state index contributed by atoms with van der Waals surface area (Å²) in [7, 11) is 0. The van der Waals surface area contributed by atoms with Gasteiger partial charge in [-0.25, -0.2) is 0 Å². The van der Waals surface area contributed by atoms with E-state index in [0.29, 0.717) is 5.56 Å². The van der Waals surface area contributed by atoms with Crippen molar-refractivity contribution in [2.24, 2.45) is 0 Å². The lowest BCUT2D eigenvalue weighted by Gasteiger charge is -2.08. The molecule has 0 bridgehead atoms. The molecule has 0 heterocycles. The summed E-state index contributed by atoms with van der Waals surface area (Å²) in [6, 6.07) is 16.3. The van der Waals surface area contributed by atoms with Gasteiger partial charge in [-0.15, -0.1) is 0 Å². The highest BCUT2D eigenvalue weighted by molar-refractivity contribution is 6.07. The van der Waals surface area contributed by atoms with Crippen LogP contribution in [-0.2, 0) is 0 Å². The van der Waals surface area contributed by atoms with Crippen molar-refractivity contribution in [3.63, 3.8) is 0 Å². The van der Waals surface area contributed by atoms with Crippen LogP contribution >= 0.6 is 0 Å². The lowest BCUT2D eigenvalue weighted by molar-refractivity contribution is -0.384. The standard InChI is InChI=1S/C17H12N2O4/c20-16-8-7-14(19(22)23)10-15(16)18-17(21)13-6-5-11-3-1-2-4-12(11)9-13/h1-10,20H,(H,18,21). The Bertz CT molecular complexity index is 921. The molecule has 1 amide bonds. The number of rotatable bonds is 3. The Morgan fingerprint density at radius 2 is 1.74 bits per heavy atom. The van der Waals surface area contributed by atoms with Crippen LogP contribution < -0.4 is 5.32 Å². The van der Waals surface area contributed by atoms with Crippen LogP contribution in [0.5, 0.6) is 5.75 Å². The molecule has 114 valence electrons. The molecule has 2 N–H and O–H groups in total. The first kappa shape index (κ1) is 14.5. The minimum atomic E-state index is -0.592. The number of nitro groups is 1. The second kappa shape index (κ2) is 5.76. The van der Waals surface area contributed by atoms with Crippen molar-refractivity contribution >= 4 is 28.1 Å². The van der Waals surface area contributed by atoms with Gasteiger partial charge in [0.15, 0.2) is 0 Å². The number of phenols is 1. The summed E-state index contributed by atoms with van der Waals surface area (Å²) in [6.45, 7) is 0. The number of fused-ring (bicyclic) bond motifs is 1. The number of aromatic hydroxyl groups is 1. The third-order valence-electron chi connectivity index (χ3n) is 3.45. The van der Waals surface area contributed by atoms with Crippen LogP contribution in [0.4, 0.5) is 11.4 Å². The van der Waals surface area contributed by atoms with Crippen molar-refractivity contribution in [3.05, 3.63) is 76.3 Å². The molecule has 3 rings (SSSR count). The maximum absolute atomic E-state index is 12.3. The van der Waals surface area contributed by atoms with Crippen LogP contribution in [0.15, 0.2) is 60.7 Å². The number of nitrogens with zero attached hydrogens (tertiary/aromatic N) is 1. The van der Waals surface area contributed by atoms with Gasteiger partial charge in [0.05, 0.1) is 10.6 Å². The van der Waals surface area contributed by atoms with Crippen molar-refractivity contribution in [2.75, 3.05) is 5.32 Å². The normalized spacial score (nSPS) is 10.4. The first-order valence-electron chi connectivity index (χ1n) is 6.82. The molecular weight excluding hydrogens is 296 g/mol. The minimum Gasteiger partial charge on any atom is -0.506 e. The summed E-state index contributed by atoms with van der Waals surface area (Å²) >= 11 is 0. The molecule has 23 heavy (non-hydrogen) atoms. The van der Waals surface area contributed by atoms with Gasteiger partial charge in [-0.3, -0.25) is 14.9 Å². The Hall–Kier alpha value is -3.41. The number of hydrogen-bond donors (Lipinski definition) is 2. The van der Waals surface area contributed by atoms with Crippen LogP contribution in [0.1, 0.15) is 10.4 Å². The maximum Gasteiger partial charge on any atom is 0.271 e. The lowest BCUT2D eigenvalue weighted by Crippen LogP contribution is -2.12. The van der Waals surface area contributed by atoms with Crippen molar-refractivity contribution in [1.29, 1.82) is 0 Å². The Labute approximate surface area is 131 Å². The van der Waals surface area contributed by atoms with Gasteiger partial charge < -0.3 is 10.4 Å². The van der Waals surface area contributed by atoms with Crippen molar-refractivity contribution in [3.8, 4) is 5.75 Å². The van der Waals surface area contributed by atoms with Gasteiger partial charge in [0.25, 0.3) is 11.6 Å². The molecule has 0 spiro atoms. The number of hydrogen-bond acceptors (Lipinski definition) is 4. The van der Waals surface area contributed by atoms with Crippen molar-refractivity contribution in [1.82, 2.24) is 0 Å². The van der Waals surface area contributed by atoms with Crippen LogP contribution in [0.2, 0.25) is 0 Å². The second-order valence-electron chi connectivity index (χ2n) is 4.97. The number of non-ortho nitro benzene ring substituents is 1. The molecule has 0 atom stereocenters. The molecule has 0 aliphatic carbocycles. The molecule has 3 aromatic carbocycles. The lowest BCUT2D eigenvalue weighted by atomic mass is 10.1. The van der Waals surface area contributed by atoms with Gasteiger partial charge in [-0.2, -0.15) is 0 Å². The Kier molecular flexibility index (Phi) is 3.64. The third kappa shape index (κ3) is 2.96. The fourth-order valence-corrected chi connectivity index (χ4v) is 2.26. The number of benzene rings is 3. The smallest absolute Gasteiger partial charge is 0.271 e. The van der Waals surface area contributed by atoms with Gasteiger partial charge in [0.2, 0.25) is 0 Å². The van der Waals surface area contributed by atoms with Crippen LogP contribution in [0.25, 0.3) is 10.8 Å². The summed E-state index contributed by atoms with van der Waals surface area (Å²) in [4.78, 5) is 22.5. The van der Waals surface area contributed by atoms with E-state index < -0.39 is 10.8 Å². The van der Waals surface area contributed by atoms with E-state index in [-0.39, 0.29) is 17.1 Å². The first-order valence-corrected chi connectivity index (χ1v) is 6.82. The monoisotopic (exact) mass is 308 g/mol. The topological polar surface area (TPSA) is 92.5 Å². The second-order valence-corrected chi connectivity index (χ2v) is 4.97. The largest absolute Gasteiger partial charge is 0.506 e. The SMILES string of the molecule is O=C(Nc1cc([N+](=O)[O-])ccc1O)c1ccc2ccccc2c1. The molecule has 0 saturated carbocycles. The van der Waals surface area contributed by atoms with E-state index in [1.165, 1.54) is 12.1 Å². The van der Waals surface area contributed by atoms with E-state index in [1.807, 2.05) is 30.3 Å². The Balaban J connectivity index is 1.91. The van der Waals surface area contributed by atoms with Crippen LogP contribution in [0, 0.1) is 10.1 Å². The van der Waals surface area contributed by atoms with Crippen molar-refractivity contribution in [2.45, 2.75) is 0 Å². The summed E-state index contributed by atoms with van der Waals surface area (Å²) in [6.07, 6.45) is 0. The summed E-state index contributed by atoms with van der Waals surface area (Å²) in [5.74, 6) is -0.684. The molecular formula is C17H12N2O4. The molecule has 0 aliphatic rings. The fraction of sp³-hybridized carbons (Fsp3) is 0. The average molecular weight is 308 g/mol. The third-order valence-corrected chi connectivity index (χ3v) is 3.45. The summed E-state index contributed by atoms with van der Waals surface area (Å²) in [5.41, 5.74) is 0.184. The number of carbonyl (C=O) groups is 1.